The lowest BCUT2D eigenvalue weighted by atomic mass is 9.87. The van der Waals surface area contributed by atoms with Gasteiger partial charge < -0.3 is 10.6 Å². The summed E-state index contributed by atoms with van der Waals surface area (Å²) >= 11 is 0. The fraction of sp³-hybridized carbons (Fsp3) is 0.400. The lowest BCUT2D eigenvalue weighted by Crippen LogP contribution is -2.39. The van der Waals surface area contributed by atoms with Gasteiger partial charge in [-0.1, -0.05) is 39.0 Å². The van der Waals surface area contributed by atoms with Gasteiger partial charge in [-0.2, -0.15) is 0 Å². The second-order valence-corrected chi connectivity index (χ2v) is 9.38. The number of pyridine rings is 1. The molecule has 1 aromatic heterocycles. The quantitative estimate of drug-likeness (QED) is 0.587. The first-order valence-corrected chi connectivity index (χ1v) is 10.6. The lowest BCUT2D eigenvalue weighted by Gasteiger charge is -2.19. The number of aromatic nitrogens is 1. The standard InChI is InChI=1S/C20H28N4O2S/c1-20(2,3)16-8-10-18(11-9-16)27(25,26)14-13-23-19(21-4)24-15-17-7-5-6-12-22-17/h5-12H,13-15H2,1-4H3,(H2,21,23,24). The van der Waals surface area contributed by atoms with Gasteiger partial charge in [0.05, 0.1) is 22.9 Å². The van der Waals surface area contributed by atoms with E-state index in [-0.39, 0.29) is 17.7 Å². The molecule has 0 spiro atoms. The van der Waals surface area contributed by atoms with Crippen LogP contribution in [-0.2, 0) is 21.8 Å². The van der Waals surface area contributed by atoms with Crippen molar-refractivity contribution in [1.82, 2.24) is 15.6 Å². The normalized spacial score (nSPS) is 12.7. The van der Waals surface area contributed by atoms with Crippen molar-refractivity contribution in [3.05, 3.63) is 59.9 Å². The molecule has 0 saturated carbocycles. The number of benzene rings is 1. The molecule has 0 radical (unpaired) electrons. The maximum atomic E-state index is 12.5. The number of rotatable bonds is 6. The Kier molecular flexibility index (Phi) is 6.96. The van der Waals surface area contributed by atoms with Crippen molar-refractivity contribution >= 4 is 15.8 Å². The van der Waals surface area contributed by atoms with Gasteiger partial charge in [0.1, 0.15) is 0 Å². The molecule has 1 heterocycles. The van der Waals surface area contributed by atoms with Gasteiger partial charge in [0.2, 0.25) is 0 Å². The van der Waals surface area contributed by atoms with E-state index < -0.39 is 9.84 Å². The monoisotopic (exact) mass is 388 g/mol. The SMILES string of the molecule is CN=C(NCCS(=O)(=O)c1ccc(C(C)(C)C)cc1)NCc1ccccn1. The van der Waals surface area contributed by atoms with Gasteiger partial charge >= 0.3 is 0 Å². The van der Waals surface area contributed by atoms with Crippen LogP contribution in [0.25, 0.3) is 0 Å². The van der Waals surface area contributed by atoms with Crippen molar-refractivity contribution < 1.29 is 8.42 Å². The van der Waals surface area contributed by atoms with E-state index in [0.29, 0.717) is 17.4 Å². The summed E-state index contributed by atoms with van der Waals surface area (Å²) < 4.78 is 25.1. The molecule has 2 rings (SSSR count). The van der Waals surface area contributed by atoms with E-state index in [2.05, 4.69) is 41.4 Å². The highest BCUT2D eigenvalue weighted by Crippen LogP contribution is 2.23. The molecule has 1 aromatic carbocycles. The Morgan fingerprint density at radius 3 is 2.33 bits per heavy atom. The molecular formula is C20H28N4O2S. The number of nitrogens with one attached hydrogen (secondary N) is 2. The summed E-state index contributed by atoms with van der Waals surface area (Å²) in [5.41, 5.74) is 1.99. The Morgan fingerprint density at radius 2 is 1.78 bits per heavy atom. The Balaban J connectivity index is 1.88. The van der Waals surface area contributed by atoms with Crippen LogP contribution in [0.3, 0.4) is 0 Å². The summed E-state index contributed by atoms with van der Waals surface area (Å²) in [5.74, 6) is 0.533. The second-order valence-electron chi connectivity index (χ2n) is 7.27. The molecule has 0 aliphatic carbocycles. The number of guanidine groups is 1. The molecular weight excluding hydrogens is 360 g/mol. The largest absolute Gasteiger partial charge is 0.355 e. The molecule has 27 heavy (non-hydrogen) atoms. The first kappa shape index (κ1) is 20.9. The van der Waals surface area contributed by atoms with Gasteiger partial charge in [-0.25, -0.2) is 8.42 Å². The number of hydrogen-bond donors (Lipinski definition) is 2. The molecule has 2 aromatic rings. The zero-order valence-electron chi connectivity index (χ0n) is 16.4. The highest BCUT2D eigenvalue weighted by molar-refractivity contribution is 7.91. The zero-order valence-corrected chi connectivity index (χ0v) is 17.2. The van der Waals surface area contributed by atoms with Crippen LogP contribution >= 0.6 is 0 Å². The van der Waals surface area contributed by atoms with Crippen LogP contribution in [0.4, 0.5) is 0 Å². The van der Waals surface area contributed by atoms with Crippen molar-refractivity contribution in [1.29, 1.82) is 0 Å². The molecule has 0 bridgehead atoms. The Labute approximate surface area is 162 Å². The number of sulfone groups is 1. The second kappa shape index (κ2) is 8.99. The predicted octanol–water partition coefficient (Wildman–Crippen LogP) is 2.52. The van der Waals surface area contributed by atoms with Crippen LogP contribution < -0.4 is 10.6 Å². The highest BCUT2D eigenvalue weighted by Gasteiger charge is 2.17. The fourth-order valence-corrected chi connectivity index (χ4v) is 3.64. The van der Waals surface area contributed by atoms with Crippen molar-refractivity contribution in [3.63, 3.8) is 0 Å². The molecule has 2 N–H and O–H groups in total. The van der Waals surface area contributed by atoms with Gasteiger partial charge in [0, 0.05) is 19.8 Å². The first-order chi connectivity index (χ1) is 12.7. The van der Waals surface area contributed by atoms with Gasteiger partial charge in [0.25, 0.3) is 0 Å². The third kappa shape index (κ3) is 6.36. The lowest BCUT2D eigenvalue weighted by molar-refractivity contribution is 0.586. The van der Waals surface area contributed by atoms with Gasteiger partial charge in [0.15, 0.2) is 15.8 Å². The minimum absolute atomic E-state index is 0.00435. The van der Waals surface area contributed by atoms with E-state index in [4.69, 9.17) is 0 Å². The van der Waals surface area contributed by atoms with Gasteiger partial charge in [-0.15, -0.1) is 0 Å². The van der Waals surface area contributed by atoms with E-state index in [1.54, 1.807) is 25.4 Å². The Morgan fingerprint density at radius 1 is 1.07 bits per heavy atom. The van der Waals surface area contributed by atoms with E-state index in [1.807, 2.05) is 30.3 Å². The van der Waals surface area contributed by atoms with Crippen molar-refractivity contribution in [2.45, 2.75) is 37.6 Å². The molecule has 0 unspecified atom stereocenters. The maximum absolute atomic E-state index is 12.5. The summed E-state index contributed by atoms with van der Waals surface area (Å²) in [6, 6.07) is 12.8. The summed E-state index contributed by atoms with van der Waals surface area (Å²) in [7, 11) is -1.70. The summed E-state index contributed by atoms with van der Waals surface area (Å²) in [5, 5.41) is 6.15. The first-order valence-electron chi connectivity index (χ1n) is 8.90. The molecule has 0 atom stereocenters. The third-order valence-corrected chi connectivity index (χ3v) is 5.86. The third-order valence-electron chi connectivity index (χ3n) is 4.13. The van der Waals surface area contributed by atoms with Crippen molar-refractivity contribution in [3.8, 4) is 0 Å². The molecule has 0 saturated heterocycles. The number of hydrogen-bond acceptors (Lipinski definition) is 4. The zero-order chi connectivity index (χ0) is 19.9. The number of nitrogens with zero attached hydrogens (tertiary/aromatic N) is 2. The predicted molar refractivity (Wildman–Crippen MR) is 110 cm³/mol. The molecule has 146 valence electrons. The molecule has 0 aliphatic heterocycles. The van der Waals surface area contributed by atoms with E-state index >= 15 is 0 Å². The average molecular weight is 389 g/mol. The molecule has 0 fully saturated rings. The van der Waals surface area contributed by atoms with Crippen LogP contribution in [0.15, 0.2) is 58.5 Å². The Hall–Kier alpha value is -2.41. The van der Waals surface area contributed by atoms with Crippen LogP contribution in [-0.4, -0.2) is 38.7 Å². The summed E-state index contributed by atoms with van der Waals surface area (Å²) in [6.45, 7) is 7.09. The summed E-state index contributed by atoms with van der Waals surface area (Å²) in [4.78, 5) is 8.67. The molecule has 0 amide bonds. The van der Waals surface area contributed by atoms with E-state index in [0.717, 1.165) is 11.3 Å². The molecule has 7 heteroatoms. The molecule has 0 aliphatic rings. The number of aliphatic imine (C=N–C) groups is 1. The van der Waals surface area contributed by atoms with Crippen LogP contribution in [0.2, 0.25) is 0 Å². The topological polar surface area (TPSA) is 83.5 Å². The van der Waals surface area contributed by atoms with Gasteiger partial charge in [-0.05, 0) is 35.2 Å². The summed E-state index contributed by atoms with van der Waals surface area (Å²) in [6.07, 6.45) is 1.73. The van der Waals surface area contributed by atoms with E-state index in [1.165, 1.54) is 0 Å². The fourth-order valence-electron chi connectivity index (χ4n) is 2.48. The van der Waals surface area contributed by atoms with Crippen molar-refractivity contribution in [2.24, 2.45) is 4.99 Å². The Bertz CT molecular complexity index is 855. The minimum atomic E-state index is -3.35. The molecule has 6 nitrogen and oxygen atoms in total. The van der Waals surface area contributed by atoms with E-state index in [9.17, 15) is 8.42 Å². The maximum Gasteiger partial charge on any atom is 0.191 e. The minimum Gasteiger partial charge on any atom is -0.355 e. The average Bonchev–Trinajstić information content (AvgIpc) is 2.64. The van der Waals surface area contributed by atoms with Gasteiger partial charge in [-0.3, -0.25) is 9.98 Å². The van der Waals surface area contributed by atoms with Crippen LogP contribution in [0.5, 0.6) is 0 Å². The van der Waals surface area contributed by atoms with Crippen molar-refractivity contribution in [2.75, 3.05) is 19.3 Å². The smallest absolute Gasteiger partial charge is 0.191 e. The van der Waals surface area contributed by atoms with Crippen LogP contribution in [0.1, 0.15) is 32.0 Å². The van der Waals surface area contributed by atoms with Crippen LogP contribution in [0, 0.1) is 0 Å². The highest BCUT2D eigenvalue weighted by atomic mass is 32.2.